The van der Waals surface area contributed by atoms with Crippen LogP contribution in [0.25, 0.3) is 0 Å². The predicted molar refractivity (Wildman–Crippen MR) is 85.4 cm³/mol. The third kappa shape index (κ3) is 3.26. The Kier molecular flexibility index (Phi) is 4.34. The summed E-state index contributed by atoms with van der Waals surface area (Å²) >= 11 is 0. The van der Waals surface area contributed by atoms with Crippen molar-refractivity contribution in [3.63, 3.8) is 0 Å². The van der Waals surface area contributed by atoms with Crippen LogP contribution in [-0.2, 0) is 4.74 Å². The van der Waals surface area contributed by atoms with Gasteiger partial charge in [0.2, 0.25) is 0 Å². The summed E-state index contributed by atoms with van der Waals surface area (Å²) in [5.74, 6) is 0.580. The molecular formula is C17H19N3O2. The maximum atomic E-state index is 12.7. The zero-order chi connectivity index (χ0) is 15.4. The Morgan fingerprint density at radius 2 is 2.05 bits per heavy atom. The van der Waals surface area contributed by atoms with Crippen LogP contribution in [0.1, 0.15) is 15.9 Å². The van der Waals surface area contributed by atoms with Crippen molar-refractivity contribution in [2.75, 3.05) is 31.6 Å². The smallest absolute Gasteiger partial charge is 0.257 e. The average molecular weight is 297 g/mol. The van der Waals surface area contributed by atoms with Crippen LogP contribution < -0.4 is 5.32 Å². The first-order valence-electron chi connectivity index (χ1n) is 7.40. The lowest BCUT2D eigenvalue weighted by molar-refractivity contribution is 0.0303. The fourth-order valence-corrected chi connectivity index (χ4v) is 2.47. The molecule has 1 aromatic heterocycles. The van der Waals surface area contributed by atoms with E-state index in [0.717, 1.165) is 11.3 Å². The predicted octanol–water partition coefficient (Wildman–Crippen LogP) is 2.61. The van der Waals surface area contributed by atoms with Gasteiger partial charge in [0.15, 0.2) is 0 Å². The number of pyridine rings is 1. The van der Waals surface area contributed by atoms with Crippen LogP contribution in [0.4, 0.5) is 11.5 Å². The number of benzene rings is 1. The van der Waals surface area contributed by atoms with Crippen molar-refractivity contribution in [3.8, 4) is 0 Å². The number of aromatic nitrogens is 1. The highest BCUT2D eigenvalue weighted by molar-refractivity contribution is 5.99. The van der Waals surface area contributed by atoms with Crippen LogP contribution in [0.5, 0.6) is 0 Å². The fraction of sp³-hybridized carbons (Fsp3) is 0.294. The molecule has 114 valence electrons. The van der Waals surface area contributed by atoms with Crippen molar-refractivity contribution < 1.29 is 9.53 Å². The van der Waals surface area contributed by atoms with Gasteiger partial charge in [-0.15, -0.1) is 0 Å². The van der Waals surface area contributed by atoms with E-state index in [1.54, 1.807) is 12.3 Å². The van der Waals surface area contributed by atoms with E-state index >= 15 is 0 Å². The number of rotatable bonds is 3. The van der Waals surface area contributed by atoms with Gasteiger partial charge in [-0.2, -0.15) is 0 Å². The number of ether oxygens (including phenoxy) is 1. The third-order valence-electron chi connectivity index (χ3n) is 3.62. The van der Waals surface area contributed by atoms with Crippen molar-refractivity contribution >= 4 is 17.4 Å². The van der Waals surface area contributed by atoms with Crippen LogP contribution in [-0.4, -0.2) is 42.1 Å². The number of hydrogen-bond donors (Lipinski definition) is 1. The summed E-state index contributed by atoms with van der Waals surface area (Å²) in [5, 5.41) is 3.24. The first-order valence-corrected chi connectivity index (χ1v) is 7.40. The Hall–Kier alpha value is -2.40. The Morgan fingerprint density at radius 1 is 1.23 bits per heavy atom. The monoisotopic (exact) mass is 297 g/mol. The highest BCUT2D eigenvalue weighted by Crippen LogP contribution is 2.21. The molecule has 1 aliphatic rings. The van der Waals surface area contributed by atoms with Crippen molar-refractivity contribution in [1.82, 2.24) is 9.88 Å². The van der Waals surface area contributed by atoms with Gasteiger partial charge in [0.05, 0.1) is 18.8 Å². The van der Waals surface area contributed by atoms with Gasteiger partial charge in [-0.25, -0.2) is 4.98 Å². The molecule has 0 spiro atoms. The maximum Gasteiger partial charge on any atom is 0.257 e. The molecule has 5 nitrogen and oxygen atoms in total. The first-order chi connectivity index (χ1) is 10.7. The van der Waals surface area contributed by atoms with E-state index in [2.05, 4.69) is 10.3 Å². The zero-order valence-electron chi connectivity index (χ0n) is 12.6. The number of anilines is 2. The van der Waals surface area contributed by atoms with Crippen molar-refractivity contribution in [2.45, 2.75) is 6.92 Å². The molecule has 0 aliphatic carbocycles. The minimum Gasteiger partial charge on any atom is -0.378 e. The number of carbonyl (C=O) groups is 1. The molecular weight excluding hydrogens is 278 g/mol. The molecule has 0 radical (unpaired) electrons. The molecule has 0 atom stereocenters. The number of aryl methyl sites for hydroxylation is 1. The number of morpholine rings is 1. The van der Waals surface area contributed by atoms with Crippen LogP contribution >= 0.6 is 0 Å². The molecule has 1 saturated heterocycles. The summed E-state index contributed by atoms with van der Waals surface area (Å²) in [5.41, 5.74) is 2.67. The zero-order valence-corrected chi connectivity index (χ0v) is 12.6. The van der Waals surface area contributed by atoms with Crippen molar-refractivity contribution in [1.29, 1.82) is 0 Å². The molecule has 1 amide bonds. The minimum atomic E-state index is -0.00782. The number of nitrogens with zero attached hydrogens (tertiary/aromatic N) is 2. The second-order valence-corrected chi connectivity index (χ2v) is 5.30. The molecule has 1 aliphatic heterocycles. The summed E-state index contributed by atoms with van der Waals surface area (Å²) in [6, 6.07) is 11.6. The SMILES string of the molecule is Cc1cccc(Nc2ncccc2C(=O)N2CCOCC2)c1. The van der Waals surface area contributed by atoms with Gasteiger partial charge in [-0.1, -0.05) is 12.1 Å². The molecule has 0 bridgehead atoms. The number of hydrogen-bond acceptors (Lipinski definition) is 4. The molecule has 0 unspecified atom stereocenters. The van der Waals surface area contributed by atoms with Gasteiger partial charge < -0.3 is 15.0 Å². The minimum absolute atomic E-state index is 0.00782. The van der Waals surface area contributed by atoms with Crippen molar-refractivity contribution in [2.24, 2.45) is 0 Å². The lowest BCUT2D eigenvalue weighted by atomic mass is 10.2. The third-order valence-corrected chi connectivity index (χ3v) is 3.62. The summed E-state index contributed by atoms with van der Waals surface area (Å²) in [6.07, 6.45) is 1.69. The Morgan fingerprint density at radius 3 is 2.82 bits per heavy atom. The van der Waals surface area contributed by atoms with Gasteiger partial charge in [0, 0.05) is 25.0 Å². The standard InChI is InChI=1S/C17H19N3O2/c1-13-4-2-5-14(12-13)19-16-15(6-3-7-18-16)17(21)20-8-10-22-11-9-20/h2-7,12H,8-11H2,1H3,(H,18,19). The topological polar surface area (TPSA) is 54.5 Å². The molecule has 22 heavy (non-hydrogen) atoms. The largest absolute Gasteiger partial charge is 0.378 e. The van der Waals surface area contributed by atoms with E-state index in [4.69, 9.17) is 4.74 Å². The summed E-state index contributed by atoms with van der Waals surface area (Å²) in [4.78, 5) is 18.8. The van der Waals surface area contributed by atoms with Gasteiger partial charge in [-0.05, 0) is 36.8 Å². The van der Waals surface area contributed by atoms with Crippen LogP contribution in [0.3, 0.4) is 0 Å². The molecule has 2 heterocycles. The van der Waals surface area contributed by atoms with E-state index in [1.807, 2.05) is 42.2 Å². The van der Waals surface area contributed by atoms with Gasteiger partial charge in [0.25, 0.3) is 5.91 Å². The molecule has 1 fully saturated rings. The number of carbonyl (C=O) groups excluding carboxylic acids is 1. The molecule has 1 aromatic carbocycles. The van der Waals surface area contributed by atoms with Crippen LogP contribution in [0.15, 0.2) is 42.6 Å². The summed E-state index contributed by atoms with van der Waals surface area (Å²) in [6.45, 7) is 4.46. The molecule has 1 N–H and O–H groups in total. The van der Waals surface area contributed by atoms with E-state index < -0.39 is 0 Å². The maximum absolute atomic E-state index is 12.7. The van der Waals surface area contributed by atoms with Gasteiger partial charge in [0.1, 0.15) is 5.82 Å². The highest BCUT2D eigenvalue weighted by Gasteiger charge is 2.21. The lowest BCUT2D eigenvalue weighted by Crippen LogP contribution is -2.40. The normalized spacial score (nSPS) is 14.7. The van der Waals surface area contributed by atoms with E-state index in [0.29, 0.717) is 37.7 Å². The highest BCUT2D eigenvalue weighted by atomic mass is 16.5. The average Bonchev–Trinajstić information content (AvgIpc) is 2.56. The fourth-order valence-electron chi connectivity index (χ4n) is 2.47. The van der Waals surface area contributed by atoms with Crippen molar-refractivity contribution in [3.05, 3.63) is 53.7 Å². The number of nitrogens with one attached hydrogen (secondary N) is 1. The summed E-state index contributed by atoms with van der Waals surface area (Å²) < 4.78 is 5.30. The van der Waals surface area contributed by atoms with Gasteiger partial charge in [-0.3, -0.25) is 4.79 Å². The molecule has 5 heteroatoms. The Balaban J connectivity index is 1.84. The quantitative estimate of drug-likeness (QED) is 0.946. The molecule has 0 saturated carbocycles. The van der Waals surface area contributed by atoms with Gasteiger partial charge >= 0.3 is 0 Å². The second kappa shape index (κ2) is 6.58. The van der Waals surface area contributed by atoms with E-state index in [1.165, 1.54) is 0 Å². The number of amides is 1. The molecule has 3 rings (SSSR count). The Bertz CT molecular complexity index is 666. The first kappa shape index (κ1) is 14.5. The van der Waals surface area contributed by atoms with Crippen LogP contribution in [0, 0.1) is 6.92 Å². The van der Waals surface area contributed by atoms with Crippen LogP contribution in [0.2, 0.25) is 0 Å². The lowest BCUT2D eigenvalue weighted by Gasteiger charge is -2.27. The summed E-state index contributed by atoms with van der Waals surface area (Å²) in [7, 11) is 0. The van der Waals surface area contributed by atoms with E-state index in [9.17, 15) is 4.79 Å². The Labute approximate surface area is 129 Å². The molecule has 2 aromatic rings. The second-order valence-electron chi connectivity index (χ2n) is 5.30. The van der Waals surface area contributed by atoms with E-state index in [-0.39, 0.29) is 5.91 Å².